The van der Waals surface area contributed by atoms with Crippen molar-refractivity contribution >= 4 is 46.6 Å². The van der Waals surface area contributed by atoms with Crippen molar-refractivity contribution in [3.05, 3.63) is 36.0 Å². The van der Waals surface area contributed by atoms with E-state index in [4.69, 9.17) is 4.74 Å². The number of aromatic amines is 1. The fraction of sp³-hybridized carbons (Fsp3) is 0.348. The molecule has 0 saturated carbocycles. The number of nitrogens with one attached hydrogen (secondary N) is 3. The molecule has 1 aromatic carbocycles. The molecule has 1 amide bonds. The highest BCUT2D eigenvalue weighted by Crippen LogP contribution is 2.47. The summed E-state index contributed by atoms with van der Waals surface area (Å²) in [5.41, 5.74) is 2.63. The zero-order valence-electron chi connectivity index (χ0n) is 18.9. The number of carbonyl (C=O) groups is 1. The van der Waals surface area contributed by atoms with Gasteiger partial charge in [-0.25, -0.2) is 4.98 Å². The van der Waals surface area contributed by atoms with Crippen LogP contribution in [0.15, 0.2) is 30.5 Å². The summed E-state index contributed by atoms with van der Waals surface area (Å²) in [6, 6.07) is 9.57. The zero-order chi connectivity index (χ0) is 23.6. The maximum atomic E-state index is 13.6. The standard InChI is InChI=1S/C23H27N6O3P/c1-4-25-19-12-21(28-23-22(19)16(13-24)14-26-23)27-18-6-5-17(11-20(18)32-3)33(31)9-7-29(8-10-33)15(2)30/h5-6,11-12,14H,4,7-10H2,1-3H3,(H3,25,26,27,28). The van der Waals surface area contributed by atoms with Crippen molar-refractivity contribution in [1.82, 2.24) is 14.9 Å². The second-order valence-electron chi connectivity index (χ2n) is 7.98. The molecule has 1 saturated heterocycles. The number of benzene rings is 1. The Hall–Kier alpha value is -3.50. The average molecular weight is 466 g/mol. The van der Waals surface area contributed by atoms with Crippen molar-refractivity contribution in [2.24, 2.45) is 0 Å². The molecule has 0 atom stereocenters. The van der Waals surface area contributed by atoms with Gasteiger partial charge in [0.05, 0.1) is 29.4 Å². The van der Waals surface area contributed by atoms with Gasteiger partial charge in [-0.3, -0.25) is 4.79 Å². The fourth-order valence-electron chi connectivity index (χ4n) is 4.15. The summed E-state index contributed by atoms with van der Waals surface area (Å²) in [6.07, 6.45) is 2.59. The van der Waals surface area contributed by atoms with E-state index >= 15 is 0 Å². The van der Waals surface area contributed by atoms with Gasteiger partial charge < -0.3 is 29.8 Å². The lowest BCUT2D eigenvalue weighted by atomic mass is 10.2. The SMILES string of the molecule is CCNc1cc(Nc2ccc(P3(=O)CCN(C(C)=O)CC3)cc2OC)nc2[nH]cc(C#N)c12. The van der Waals surface area contributed by atoms with Crippen LogP contribution in [0, 0.1) is 11.3 Å². The van der Waals surface area contributed by atoms with Gasteiger partial charge in [-0.1, -0.05) is 0 Å². The number of nitriles is 1. The molecule has 0 unspecified atom stereocenters. The molecule has 2 aromatic heterocycles. The summed E-state index contributed by atoms with van der Waals surface area (Å²) < 4.78 is 19.2. The van der Waals surface area contributed by atoms with E-state index in [2.05, 4.69) is 26.7 Å². The van der Waals surface area contributed by atoms with E-state index in [1.165, 1.54) is 0 Å². The molecule has 9 nitrogen and oxygen atoms in total. The number of rotatable bonds is 6. The van der Waals surface area contributed by atoms with Crippen LogP contribution in [0.4, 0.5) is 17.2 Å². The maximum Gasteiger partial charge on any atom is 0.219 e. The Labute approximate surface area is 192 Å². The third kappa shape index (κ3) is 4.39. The van der Waals surface area contributed by atoms with Gasteiger partial charge in [-0.05, 0) is 25.1 Å². The lowest BCUT2D eigenvalue weighted by Crippen LogP contribution is -2.39. The highest BCUT2D eigenvalue weighted by Gasteiger charge is 2.32. The van der Waals surface area contributed by atoms with E-state index in [9.17, 15) is 14.6 Å². The van der Waals surface area contributed by atoms with Gasteiger partial charge in [0.15, 0.2) is 0 Å². The molecule has 3 heterocycles. The first-order valence-corrected chi connectivity index (χ1v) is 12.9. The van der Waals surface area contributed by atoms with Crippen LogP contribution >= 0.6 is 7.14 Å². The van der Waals surface area contributed by atoms with Gasteiger partial charge in [0.2, 0.25) is 5.91 Å². The largest absolute Gasteiger partial charge is 0.495 e. The van der Waals surface area contributed by atoms with Gasteiger partial charge in [0, 0.05) is 56.4 Å². The Morgan fingerprint density at radius 1 is 1.30 bits per heavy atom. The quantitative estimate of drug-likeness (QED) is 0.475. The molecule has 10 heteroatoms. The average Bonchev–Trinajstić information content (AvgIpc) is 3.23. The molecule has 0 bridgehead atoms. The fourth-order valence-corrected chi connectivity index (χ4v) is 6.72. The number of methoxy groups -OCH3 is 1. The number of aromatic nitrogens is 2. The predicted octanol–water partition coefficient (Wildman–Crippen LogP) is 3.47. The first-order chi connectivity index (χ1) is 15.9. The Morgan fingerprint density at radius 2 is 2.06 bits per heavy atom. The molecule has 0 spiro atoms. The molecule has 172 valence electrons. The number of hydrogen-bond acceptors (Lipinski definition) is 7. The van der Waals surface area contributed by atoms with Gasteiger partial charge >= 0.3 is 0 Å². The number of amides is 1. The van der Waals surface area contributed by atoms with E-state index in [1.807, 2.05) is 31.2 Å². The molecule has 1 aliphatic rings. The van der Waals surface area contributed by atoms with Crippen molar-refractivity contribution in [2.45, 2.75) is 13.8 Å². The van der Waals surface area contributed by atoms with Crippen LogP contribution in [0.5, 0.6) is 5.75 Å². The van der Waals surface area contributed by atoms with E-state index in [0.29, 0.717) is 60.4 Å². The Bertz CT molecular complexity index is 1280. The van der Waals surface area contributed by atoms with Crippen molar-refractivity contribution in [3.63, 3.8) is 0 Å². The number of anilines is 3. The number of hydrogen-bond donors (Lipinski definition) is 3. The third-order valence-electron chi connectivity index (χ3n) is 5.96. The second kappa shape index (κ2) is 9.16. The Morgan fingerprint density at radius 3 is 2.70 bits per heavy atom. The molecule has 3 N–H and O–H groups in total. The highest BCUT2D eigenvalue weighted by atomic mass is 31.2. The van der Waals surface area contributed by atoms with Crippen LogP contribution in [-0.2, 0) is 9.36 Å². The van der Waals surface area contributed by atoms with Gasteiger partial charge in [-0.15, -0.1) is 0 Å². The number of carbonyl (C=O) groups excluding carboxylic acids is 1. The van der Waals surface area contributed by atoms with Crippen LogP contribution in [0.25, 0.3) is 11.0 Å². The summed E-state index contributed by atoms with van der Waals surface area (Å²) in [4.78, 5) is 21.0. The molecule has 33 heavy (non-hydrogen) atoms. The predicted molar refractivity (Wildman–Crippen MR) is 130 cm³/mol. The van der Waals surface area contributed by atoms with E-state index in [0.717, 1.165) is 16.4 Å². The number of pyridine rings is 1. The molecule has 3 aromatic rings. The lowest BCUT2D eigenvalue weighted by Gasteiger charge is -2.32. The minimum Gasteiger partial charge on any atom is -0.495 e. The van der Waals surface area contributed by atoms with E-state index in [1.54, 1.807) is 25.1 Å². The van der Waals surface area contributed by atoms with Crippen molar-refractivity contribution in [2.75, 3.05) is 49.7 Å². The first kappa shape index (κ1) is 22.7. The third-order valence-corrected chi connectivity index (χ3v) is 9.02. The Kier molecular flexibility index (Phi) is 6.30. The van der Waals surface area contributed by atoms with Crippen molar-refractivity contribution in [3.8, 4) is 11.8 Å². The zero-order valence-corrected chi connectivity index (χ0v) is 19.8. The minimum absolute atomic E-state index is 0.0173. The monoisotopic (exact) mass is 466 g/mol. The summed E-state index contributed by atoms with van der Waals surface area (Å²) >= 11 is 0. The highest BCUT2D eigenvalue weighted by molar-refractivity contribution is 7.71. The van der Waals surface area contributed by atoms with E-state index in [-0.39, 0.29) is 5.91 Å². The summed E-state index contributed by atoms with van der Waals surface area (Å²) in [5.74, 6) is 1.16. The molecule has 1 aliphatic heterocycles. The molecule has 4 rings (SSSR count). The van der Waals surface area contributed by atoms with Crippen LogP contribution in [-0.4, -0.2) is 59.8 Å². The smallest absolute Gasteiger partial charge is 0.219 e. The van der Waals surface area contributed by atoms with Gasteiger partial charge in [0.25, 0.3) is 0 Å². The molecular weight excluding hydrogens is 439 g/mol. The van der Waals surface area contributed by atoms with Gasteiger partial charge in [0.1, 0.15) is 30.4 Å². The normalized spacial score (nSPS) is 15.2. The maximum absolute atomic E-state index is 13.6. The number of fused-ring (bicyclic) bond motifs is 1. The molecule has 1 fully saturated rings. The topological polar surface area (TPSA) is 123 Å². The molecular formula is C23H27N6O3P. The second-order valence-corrected chi connectivity index (χ2v) is 11.2. The number of nitrogens with zero attached hydrogens (tertiary/aromatic N) is 3. The van der Waals surface area contributed by atoms with Crippen molar-refractivity contribution in [1.29, 1.82) is 5.26 Å². The summed E-state index contributed by atoms with van der Waals surface area (Å²) in [6.45, 7) is 5.24. The lowest BCUT2D eigenvalue weighted by molar-refractivity contribution is -0.128. The van der Waals surface area contributed by atoms with Crippen LogP contribution < -0.4 is 20.7 Å². The summed E-state index contributed by atoms with van der Waals surface area (Å²) in [7, 11) is -1.03. The van der Waals surface area contributed by atoms with Gasteiger partial charge in [-0.2, -0.15) is 5.26 Å². The number of ether oxygens (including phenoxy) is 1. The molecule has 0 aliphatic carbocycles. The van der Waals surface area contributed by atoms with Crippen LogP contribution in [0.2, 0.25) is 0 Å². The van der Waals surface area contributed by atoms with Crippen LogP contribution in [0.3, 0.4) is 0 Å². The first-order valence-electron chi connectivity index (χ1n) is 10.8. The van der Waals surface area contributed by atoms with E-state index < -0.39 is 7.14 Å². The van der Waals surface area contributed by atoms with Crippen LogP contribution in [0.1, 0.15) is 19.4 Å². The van der Waals surface area contributed by atoms with Crippen molar-refractivity contribution < 1.29 is 14.1 Å². The summed E-state index contributed by atoms with van der Waals surface area (Å²) in [5, 5.41) is 17.5. The minimum atomic E-state index is -2.60. The molecule has 0 radical (unpaired) electrons. The number of H-pyrrole nitrogens is 1. The Balaban J connectivity index is 1.63.